The Morgan fingerprint density at radius 2 is 1.83 bits per heavy atom. The molecule has 2 heteroatoms. The van der Waals surface area contributed by atoms with Gasteiger partial charge in [-0.15, -0.1) is 11.3 Å². The predicted molar refractivity (Wildman–Crippen MR) is 86.8 cm³/mol. The molecule has 0 saturated carbocycles. The number of fused-ring (bicyclic) bond motifs is 3. The third-order valence-electron chi connectivity index (χ3n) is 2.99. The Morgan fingerprint density at radius 1 is 1.00 bits per heavy atom. The van der Waals surface area contributed by atoms with E-state index in [2.05, 4.69) is 70.5 Å². The molecule has 1 aromatic heterocycles. The molecule has 0 amide bonds. The molecular formula is C16H13BrS. The smallest absolute Gasteiger partial charge is 0.0355 e. The zero-order chi connectivity index (χ0) is 12.4. The highest BCUT2D eigenvalue weighted by Crippen LogP contribution is 2.34. The van der Waals surface area contributed by atoms with E-state index in [4.69, 9.17) is 0 Å². The minimum atomic E-state index is 1.02. The van der Waals surface area contributed by atoms with E-state index in [-0.39, 0.29) is 0 Å². The number of thiophene rings is 1. The van der Waals surface area contributed by atoms with Crippen molar-refractivity contribution in [2.75, 3.05) is 5.33 Å². The van der Waals surface area contributed by atoms with Crippen molar-refractivity contribution in [2.45, 2.75) is 6.42 Å². The van der Waals surface area contributed by atoms with Crippen LogP contribution in [-0.4, -0.2) is 5.33 Å². The van der Waals surface area contributed by atoms with Crippen molar-refractivity contribution in [1.29, 1.82) is 0 Å². The zero-order valence-corrected chi connectivity index (χ0v) is 12.3. The molecule has 0 aliphatic carbocycles. The summed E-state index contributed by atoms with van der Waals surface area (Å²) in [5.41, 5.74) is 1.28. The average molecular weight is 317 g/mol. The van der Waals surface area contributed by atoms with Crippen molar-refractivity contribution < 1.29 is 0 Å². The van der Waals surface area contributed by atoms with Crippen LogP contribution in [0.4, 0.5) is 0 Å². The first-order valence-corrected chi connectivity index (χ1v) is 7.96. The van der Waals surface area contributed by atoms with E-state index >= 15 is 0 Å². The number of hydrogen-bond donors (Lipinski definition) is 0. The van der Waals surface area contributed by atoms with Gasteiger partial charge < -0.3 is 0 Å². The van der Waals surface area contributed by atoms with Crippen LogP contribution in [0, 0.1) is 0 Å². The number of benzene rings is 2. The quantitative estimate of drug-likeness (QED) is 0.531. The Hall–Kier alpha value is -1.12. The molecule has 0 bridgehead atoms. The molecule has 0 atom stereocenters. The average Bonchev–Trinajstić information content (AvgIpc) is 2.77. The lowest BCUT2D eigenvalue weighted by molar-refractivity contribution is 1.27. The summed E-state index contributed by atoms with van der Waals surface area (Å²) in [4.78, 5) is 0. The summed E-state index contributed by atoms with van der Waals surface area (Å²) in [6, 6.07) is 15.3. The third kappa shape index (κ3) is 2.23. The largest absolute Gasteiger partial charge is 0.135 e. The summed E-state index contributed by atoms with van der Waals surface area (Å²) >= 11 is 5.31. The van der Waals surface area contributed by atoms with Crippen molar-refractivity contribution in [2.24, 2.45) is 0 Å². The van der Waals surface area contributed by atoms with Crippen LogP contribution >= 0.6 is 27.3 Å². The molecule has 0 spiro atoms. The first kappa shape index (κ1) is 11.9. The van der Waals surface area contributed by atoms with Gasteiger partial charge in [-0.05, 0) is 30.2 Å². The summed E-state index contributed by atoms with van der Waals surface area (Å²) in [6.07, 6.45) is 5.49. The molecule has 0 nitrogen and oxygen atoms in total. The van der Waals surface area contributed by atoms with Crippen LogP contribution in [0.2, 0.25) is 0 Å². The molecule has 0 unspecified atom stereocenters. The van der Waals surface area contributed by atoms with Gasteiger partial charge in [-0.2, -0.15) is 0 Å². The molecular weight excluding hydrogens is 304 g/mol. The molecule has 90 valence electrons. The maximum absolute atomic E-state index is 3.44. The standard InChI is InChI=1S/C16H13BrS/c17-10-4-3-5-12-8-9-16-14(11-12)13-6-1-2-7-15(13)18-16/h1-3,5-9,11H,4,10H2. The van der Waals surface area contributed by atoms with E-state index in [1.54, 1.807) is 0 Å². The van der Waals surface area contributed by atoms with Gasteiger partial charge in [-0.25, -0.2) is 0 Å². The maximum atomic E-state index is 3.44. The number of alkyl halides is 1. The van der Waals surface area contributed by atoms with Crippen molar-refractivity contribution >= 4 is 53.5 Å². The highest BCUT2D eigenvalue weighted by atomic mass is 79.9. The van der Waals surface area contributed by atoms with Gasteiger partial charge in [-0.3, -0.25) is 0 Å². The van der Waals surface area contributed by atoms with Gasteiger partial charge in [0, 0.05) is 25.5 Å². The molecule has 0 N–H and O–H groups in total. The Morgan fingerprint density at radius 3 is 2.72 bits per heavy atom. The molecule has 0 radical (unpaired) electrons. The van der Waals surface area contributed by atoms with Crippen LogP contribution in [0.1, 0.15) is 12.0 Å². The topological polar surface area (TPSA) is 0 Å². The van der Waals surface area contributed by atoms with Crippen molar-refractivity contribution in [1.82, 2.24) is 0 Å². The molecule has 0 fully saturated rings. The van der Waals surface area contributed by atoms with E-state index < -0.39 is 0 Å². The number of halogens is 1. The summed E-state index contributed by atoms with van der Waals surface area (Å²) in [5, 5.41) is 3.76. The highest BCUT2D eigenvalue weighted by molar-refractivity contribution is 9.09. The van der Waals surface area contributed by atoms with E-state index in [1.165, 1.54) is 25.7 Å². The van der Waals surface area contributed by atoms with Gasteiger partial charge in [0.2, 0.25) is 0 Å². The third-order valence-corrected chi connectivity index (χ3v) is 4.60. The van der Waals surface area contributed by atoms with Gasteiger partial charge in [0.15, 0.2) is 0 Å². The maximum Gasteiger partial charge on any atom is 0.0355 e. The SMILES string of the molecule is BrCCC=Cc1ccc2sc3ccccc3c2c1. The first-order chi connectivity index (χ1) is 8.88. The van der Waals surface area contributed by atoms with Crippen LogP contribution in [0.15, 0.2) is 48.5 Å². The van der Waals surface area contributed by atoms with Crippen LogP contribution in [-0.2, 0) is 0 Å². The fourth-order valence-corrected chi connectivity index (χ4v) is 3.48. The summed E-state index contributed by atoms with van der Waals surface area (Å²) in [6.45, 7) is 0. The molecule has 3 rings (SSSR count). The Balaban J connectivity index is 2.12. The van der Waals surface area contributed by atoms with E-state index in [1.807, 2.05) is 11.3 Å². The predicted octanol–water partition coefficient (Wildman–Crippen LogP) is 5.85. The lowest BCUT2D eigenvalue weighted by atomic mass is 10.1. The number of allylic oxidation sites excluding steroid dienone is 1. The minimum Gasteiger partial charge on any atom is -0.135 e. The van der Waals surface area contributed by atoms with Crippen LogP contribution < -0.4 is 0 Å². The highest BCUT2D eigenvalue weighted by Gasteiger charge is 2.03. The van der Waals surface area contributed by atoms with Crippen LogP contribution in [0.3, 0.4) is 0 Å². The molecule has 0 aliphatic heterocycles. The van der Waals surface area contributed by atoms with Crippen LogP contribution in [0.25, 0.3) is 26.2 Å². The Kier molecular flexibility index (Phi) is 3.48. The molecule has 3 aromatic rings. The second-order valence-electron chi connectivity index (χ2n) is 4.23. The number of rotatable bonds is 3. The van der Waals surface area contributed by atoms with Crippen molar-refractivity contribution in [3.05, 3.63) is 54.1 Å². The Bertz CT molecular complexity index is 709. The molecule has 0 aliphatic rings. The molecule has 0 saturated heterocycles. The lowest BCUT2D eigenvalue weighted by Gasteiger charge is -1.95. The molecule has 18 heavy (non-hydrogen) atoms. The van der Waals surface area contributed by atoms with E-state index in [9.17, 15) is 0 Å². The van der Waals surface area contributed by atoms with Gasteiger partial charge in [-0.1, -0.05) is 52.3 Å². The fraction of sp³-hybridized carbons (Fsp3) is 0.125. The zero-order valence-electron chi connectivity index (χ0n) is 9.90. The normalized spacial score (nSPS) is 11.8. The first-order valence-electron chi connectivity index (χ1n) is 6.02. The van der Waals surface area contributed by atoms with Crippen molar-refractivity contribution in [3.8, 4) is 0 Å². The Labute approximate surface area is 119 Å². The summed E-state index contributed by atoms with van der Waals surface area (Å²) in [5.74, 6) is 0. The van der Waals surface area contributed by atoms with E-state index in [0.717, 1.165) is 11.8 Å². The lowest BCUT2D eigenvalue weighted by Crippen LogP contribution is -1.73. The van der Waals surface area contributed by atoms with E-state index in [0.29, 0.717) is 0 Å². The van der Waals surface area contributed by atoms with Crippen molar-refractivity contribution in [3.63, 3.8) is 0 Å². The molecule has 1 heterocycles. The number of hydrogen-bond acceptors (Lipinski definition) is 1. The summed E-state index contributed by atoms with van der Waals surface area (Å²) < 4.78 is 2.74. The monoisotopic (exact) mass is 316 g/mol. The van der Waals surface area contributed by atoms with Gasteiger partial charge in [0.1, 0.15) is 0 Å². The second-order valence-corrected chi connectivity index (χ2v) is 6.11. The molecule has 2 aromatic carbocycles. The summed E-state index contributed by atoms with van der Waals surface area (Å²) in [7, 11) is 0. The van der Waals surface area contributed by atoms with Gasteiger partial charge in [0.25, 0.3) is 0 Å². The van der Waals surface area contributed by atoms with Gasteiger partial charge in [0.05, 0.1) is 0 Å². The minimum absolute atomic E-state index is 1.02. The van der Waals surface area contributed by atoms with Gasteiger partial charge >= 0.3 is 0 Å². The second kappa shape index (κ2) is 5.25. The van der Waals surface area contributed by atoms with Crippen LogP contribution in [0.5, 0.6) is 0 Å². The fourth-order valence-electron chi connectivity index (χ4n) is 2.13.